The molecule has 1 fully saturated rings. The molecule has 0 radical (unpaired) electrons. The smallest absolute Gasteiger partial charge is 0.189 e. The number of aromatic nitrogens is 2. The van der Waals surface area contributed by atoms with E-state index in [9.17, 15) is 0 Å². The summed E-state index contributed by atoms with van der Waals surface area (Å²) in [5.41, 5.74) is 2.53. The summed E-state index contributed by atoms with van der Waals surface area (Å²) in [4.78, 5) is 11.8. The molecule has 0 amide bonds. The van der Waals surface area contributed by atoms with Crippen LogP contribution in [-0.4, -0.2) is 29.3 Å². The summed E-state index contributed by atoms with van der Waals surface area (Å²) in [6.07, 6.45) is 11.7. The standard InChI is InChI=1S/C22H32N4S/c1-4-20(17-11-7-5-8-12-17)23-15-18-16-24-22(27-3)25-21(18)26(2)19-13-9-6-10-14-19/h5,7-8,11-12,16,19-20,23H,4,6,9-10,13-15H2,1-3H3. The van der Waals surface area contributed by atoms with E-state index >= 15 is 0 Å². The van der Waals surface area contributed by atoms with Gasteiger partial charge in [-0.05, 0) is 31.1 Å². The van der Waals surface area contributed by atoms with Crippen LogP contribution in [0.5, 0.6) is 0 Å². The quantitative estimate of drug-likeness (QED) is 0.500. The van der Waals surface area contributed by atoms with Crippen molar-refractivity contribution in [1.82, 2.24) is 15.3 Å². The van der Waals surface area contributed by atoms with Gasteiger partial charge in [-0.1, -0.05) is 68.3 Å². The summed E-state index contributed by atoms with van der Waals surface area (Å²) in [5.74, 6) is 1.09. The Morgan fingerprint density at radius 1 is 1.19 bits per heavy atom. The van der Waals surface area contributed by atoms with Crippen LogP contribution in [-0.2, 0) is 6.54 Å². The van der Waals surface area contributed by atoms with Gasteiger partial charge in [0.25, 0.3) is 0 Å². The van der Waals surface area contributed by atoms with Crippen molar-refractivity contribution in [3.63, 3.8) is 0 Å². The van der Waals surface area contributed by atoms with E-state index in [4.69, 9.17) is 4.98 Å². The first-order chi connectivity index (χ1) is 13.2. The Morgan fingerprint density at radius 2 is 1.93 bits per heavy atom. The molecule has 1 aromatic carbocycles. The average Bonchev–Trinajstić information content (AvgIpc) is 2.75. The number of rotatable bonds is 8. The molecule has 3 rings (SSSR count). The van der Waals surface area contributed by atoms with Crippen LogP contribution in [0, 0.1) is 0 Å². The number of anilines is 1. The highest BCUT2D eigenvalue weighted by atomic mass is 32.2. The average molecular weight is 385 g/mol. The van der Waals surface area contributed by atoms with Crippen molar-refractivity contribution in [1.29, 1.82) is 0 Å². The van der Waals surface area contributed by atoms with Gasteiger partial charge in [0.2, 0.25) is 0 Å². The van der Waals surface area contributed by atoms with Crippen LogP contribution in [0.4, 0.5) is 5.82 Å². The molecule has 2 aromatic rings. The van der Waals surface area contributed by atoms with Gasteiger partial charge in [0, 0.05) is 37.4 Å². The van der Waals surface area contributed by atoms with E-state index in [0.717, 1.165) is 23.9 Å². The lowest BCUT2D eigenvalue weighted by atomic mass is 9.94. The maximum atomic E-state index is 4.88. The van der Waals surface area contributed by atoms with Gasteiger partial charge in [-0.3, -0.25) is 0 Å². The van der Waals surface area contributed by atoms with Crippen LogP contribution >= 0.6 is 11.8 Å². The lowest BCUT2D eigenvalue weighted by molar-refractivity contribution is 0.424. The van der Waals surface area contributed by atoms with E-state index in [1.54, 1.807) is 11.8 Å². The minimum absolute atomic E-state index is 0.347. The molecule has 27 heavy (non-hydrogen) atoms. The number of thioether (sulfide) groups is 1. The van der Waals surface area contributed by atoms with Gasteiger partial charge in [-0.25, -0.2) is 9.97 Å². The van der Waals surface area contributed by atoms with Crippen LogP contribution in [0.15, 0.2) is 41.7 Å². The molecule has 4 nitrogen and oxygen atoms in total. The van der Waals surface area contributed by atoms with Crippen LogP contribution in [0.1, 0.15) is 62.6 Å². The summed E-state index contributed by atoms with van der Waals surface area (Å²) in [7, 11) is 2.21. The van der Waals surface area contributed by atoms with Gasteiger partial charge in [-0.2, -0.15) is 0 Å². The lowest BCUT2D eigenvalue weighted by Crippen LogP contribution is -2.35. The molecule has 0 aliphatic heterocycles. The molecule has 0 saturated heterocycles. The summed E-state index contributed by atoms with van der Waals surface area (Å²) < 4.78 is 0. The molecule has 1 aliphatic carbocycles. The number of nitrogens with one attached hydrogen (secondary N) is 1. The summed E-state index contributed by atoms with van der Waals surface area (Å²) >= 11 is 1.61. The van der Waals surface area contributed by atoms with Crippen molar-refractivity contribution in [3.05, 3.63) is 47.7 Å². The Bertz CT molecular complexity index is 701. The summed E-state index contributed by atoms with van der Waals surface area (Å²) in [6, 6.07) is 11.6. The molecule has 146 valence electrons. The molecule has 1 aromatic heterocycles. The zero-order valence-electron chi connectivity index (χ0n) is 16.8. The number of hydrogen-bond donors (Lipinski definition) is 1. The van der Waals surface area contributed by atoms with E-state index in [2.05, 4.69) is 59.5 Å². The molecule has 0 bridgehead atoms. The Hall–Kier alpha value is -1.59. The highest BCUT2D eigenvalue weighted by Crippen LogP contribution is 2.28. The maximum Gasteiger partial charge on any atom is 0.189 e. The number of nitrogens with zero attached hydrogens (tertiary/aromatic N) is 3. The topological polar surface area (TPSA) is 41.1 Å². The van der Waals surface area contributed by atoms with E-state index in [1.807, 2.05) is 12.5 Å². The second-order valence-corrected chi connectivity index (χ2v) is 8.13. The summed E-state index contributed by atoms with van der Waals surface area (Å²) in [5, 5.41) is 4.58. The van der Waals surface area contributed by atoms with Crippen LogP contribution in [0.2, 0.25) is 0 Å². The van der Waals surface area contributed by atoms with Gasteiger partial charge in [0.1, 0.15) is 5.82 Å². The Labute approximate surface area is 168 Å². The fraction of sp³-hybridized carbons (Fsp3) is 0.545. The number of benzene rings is 1. The zero-order chi connectivity index (χ0) is 19.1. The first kappa shape index (κ1) is 20.2. The molecule has 1 saturated carbocycles. The van der Waals surface area contributed by atoms with Crippen LogP contribution < -0.4 is 10.2 Å². The Balaban J connectivity index is 1.77. The van der Waals surface area contributed by atoms with Crippen molar-refractivity contribution in [3.8, 4) is 0 Å². The Kier molecular flexibility index (Phi) is 7.53. The molecule has 1 aliphatic rings. The molecular formula is C22H32N4S. The minimum atomic E-state index is 0.347. The van der Waals surface area contributed by atoms with Crippen LogP contribution in [0.3, 0.4) is 0 Å². The molecule has 1 atom stereocenters. The van der Waals surface area contributed by atoms with Gasteiger partial charge >= 0.3 is 0 Å². The molecular weight excluding hydrogens is 352 g/mol. The van der Waals surface area contributed by atoms with Crippen molar-refractivity contribution in [2.45, 2.75) is 69.2 Å². The third-order valence-electron chi connectivity index (χ3n) is 5.61. The normalized spacial score (nSPS) is 16.3. The summed E-state index contributed by atoms with van der Waals surface area (Å²) in [6.45, 7) is 3.02. The lowest BCUT2D eigenvalue weighted by Gasteiger charge is -2.33. The maximum absolute atomic E-state index is 4.88. The largest absolute Gasteiger partial charge is 0.356 e. The van der Waals surface area contributed by atoms with Gasteiger partial charge in [0.15, 0.2) is 5.16 Å². The first-order valence-electron chi connectivity index (χ1n) is 10.1. The van der Waals surface area contributed by atoms with Gasteiger partial charge in [0.05, 0.1) is 0 Å². The van der Waals surface area contributed by atoms with Crippen molar-refractivity contribution in [2.24, 2.45) is 0 Å². The van der Waals surface area contributed by atoms with Gasteiger partial charge in [-0.15, -0.1) is 0 Å². The fourth-order valence-corrected chi connectivity index (χ4v) is 4.30. The van der Waals surface area contributed by atoms with Crippen molar-refractivity contribution < 1.29 is 0 Å². The SMILES string of the molecule is CCC(NCc1cnc(SC)nc1N(C)C1CCCCC1)c1ccccc1. The van der Waals surface area contributed by atoms with Crippen molar-refractivity contribution in [2.75, 3.05) is 18.2 Å². The molecule has 0 spiro atoms. The third kappa shape index (κ3) is 5.23. The Morgan fingerprint density at radius 3 is 2.59 bits per heavy atom. The van der Waals surface area contributed by atoms with E-state index < -0.39 is 0 Å². The second kappa shape index (κ2) is 10.1. The highest BCUT2D eigenvalue weighted by Gasteiger charge is 2.22. The fourth-order valence-electron chi connectivity index (χ4n) is 3.97. The second-order valence-electron chi connectivity index (χ2n) is 7.36. The number of hydrogen-bond acceptors (Lipinski definition) is 5. The van der Waals surface area contributed by atoms with E-state index in [-0.39, 0.29) is 0 Å². The minimum Gasteiger partial charge on any atom is -0.356 e. The van der Waals surface area contributed by atoms with Crippen LogP contribution in [0.25, 0.3) is 0 Å². The van der Waals surface area contributed by atoms with E-state index in [0.29, 0.717) is 12.1 Å². The van der Waals surface area contributed by atoms with Gasteiger partial charge < -0.3 is 10.2 Å². The first-order valence-corrected chi connectivity index (χ1v) is 11.4. The zero-order valence-corrected chi connectivity index (χ0v) is 17.6. The highest BCUT2D eigenvalue weighted by molar-refractivity contribution is 7.98. The van der Waals surface area contributed by atoms with Crippen molar-refractivity contribution >= 4 is 17.6 Å². The molecule has 5 heteroatoms. The van der Waals surface area contributed by atoms with E-state index in [1.165, 1.54) is 43.2 Å². The molecule has 1 unspecified atom stereocenters. The predicted octanol–water partition coefficient (Wildman–Crippen LogP) is 5.21. The molecule has 1 N–H and O–H groups in total. The monoisotopic (exact) mass is 384 g/mol. The predicted molar refractivity (Wildman–Crippen MR) is 115 cm³/mol. The third-order valence-corrected chi connectivity index (χ3v) is 6.17. The molecule has 1 heterocycles.